The Hall–Kier alpha value is -2.43. The first-order chi connectivity index (χ1) is 11.8. The van der Waals surface area contributed by atoms with Crippen molar-refractivity contribution in [2.45, 2.75) is 25.3 Å². The molecule has 0 bridgehead atoms. The van der Waals surface area contributed by atoms with E-state index in [4.69, 9.17) is 5.21 Å². The fourth-order valence-corrected chi connectivity index (χ4v) is 3.20. The van der Waals surface area contributed by atoms with Crippen molar-refractivity contribution in [3.8, 4) is 0 Å². The number of rotatable bonds is 6. The average molecular weight is 322 g/mol. The molecular weight excluding hydrogens is 300 g/mol. The standard InChI is InChI=1S/C20H22N2O2/c23-20(22-24)11-7-16-6-9-18-17(14-16)8-10-19(18)21-13-12-15-4-2-1-3-5-15/h1-7,9,11,14,19,21,24H,8,10,12-13H2,(H,22,23)/b11-7+. The Bertz CT molecular complexity index is 726. The third-order valence-corrected chi connectivity index (χ3v) is 4.43. The number of hydrogen-bond acceptors (Lipinski definition) is 3. The number of benzene rings is 2. The molecule has 0 aliphatic heterocycles. The van der Waals surface area contributed by atoms with Crippen molar-refractivity contribution in [1.82, 2.24) is 10.8 Å². The van der Waals surface area contributed by atoms with Gasteiger partial charge in [-0.05, 0) is 54.1 Å². The van der Waals surface area contributed by atoms with Crippen LogP contribution >= 0.6 is 0 Å². The summed E-state index contributed by atoms with van der Waals surface area (Å²) in [5.41, 5.74) is 6.61. The lowest BCUT2D eigenvalue weighted by molar-refractivity contribution is -0.124. The van der Waals surface area contributed by atoms with Gasteiger partial charge in [0.15, 0.2) is 0 Å². The van der Waals surface area contributed by atoms with Gasteiger partial charge >= 0.3 is 0 Å². The Morgan fingerprint density at radius 1 is 1.21 bits per heavy atom. The lowest BCUT2D eigenvalue weighted by atomic mass is 10.0. The van der Waals surface area contributed by atoms with Crippen LogP contribution in [0, 0.1) is 0 Å². The maximum Gasteiger partial charge on any atom is 0.267 e. The third-order valence-electron chi connectivity index (χ3n) is 4.43. The van der Waals surface area contributed by atoms with E-state index in [0.717, 1.165) is 31.4 Å². The van der Waals surface area contributed by atoms with Gasteiger partial charge in [-0.3, -0.25) is 10.0 Å². The van der Waals surface area contributed by atoms with E-state index in [0.29, 0.717) is 6.04 Å². The molecule has 124 valence electrons. The fraction of sp³-hybridized carbons (Fsp3) is 0.250. The minimum Gasteiger partial charge on any atom is -0.310 e. The Kier molecular flexibility index (Phi) is 5.41. The first-order valence-electron chi connectivity index (χ1n) is 8.28. The zero-order valence-corrected chi connectivity index (χ0v) is 13.5. The van der Waals surface area contributed by atoms with Crippen molar-refractivity contribution in [3.63, 3.8) is 0 Å². The lowest BCUT2D eigenvalue weighted by Gasteiger charge is -2.14. The lowest BCUT2D eigenvalue weighted by Crippen LogP contribution is -2.21. The van der Waals surface area contributed by atoms with Crippen molar-refractivity contribution in [2.24, 2.45) is 0 Å². The van der Waals surface area contributed by atoms with E-state index in [-0.39, 0.29) is 0 Å². The van der Waals surface area contributed by atoms with Gasteiger partial charge in [-0.2, -0.15) is 0 Å². The quantitative estimate of drug-likeness (QED) is 0.435. The van der Waals surface area contributed by atoms with Crippen LogP contribution in [0.1, 0.15) is 34.7 Å². The van der Waals surface area contributed by atoms with E-state index in [2.05, 4.69) is 41.7 Å². The fourth-order valence-electron chi connectivity index (χ4n) is 3.20. The van der Waals surface area contributed by atoms with Crippen LogP contribution in [0.3, 0.4) is 0 Å². The summed E-state index contributed by atoms with van der Waals surface area (Å²) in [6, 6.07) is 17.2. The predicted molar refractivity (Wildman–Crippen MR) is 94.6 cm³/mol. The molecular formula is C20H22N2O2. The highest BCUT2D eigenvalue weighted by Crippen LogP contribution is 2.31. The first-order valence-corrected chi connectivity index (χ1v) is 8.28. The summed E-state index contributed by atoms with van der Waals surface area (Å²) in [7, 11) is 0. The highest BCUT2D eigenvalue weighted by atomic mass is 16.5. The molecule has 3 N–H and O–H groups in total. The van der Waals surface area contributed by atoms with Crippen LogP contribution in [-0.2, 0) is 17.6 Å². The minimum atomic E-state index is -0.518. The number of aryl methyl sites for hydroxylation is 1. The molecule has 1 unspecified atom stereocenters. The zero-order valence-electron chi connectivity index (χ0n) is 13.5. The van der Waals surface area contributed by atoms with Gasteiger partial charge in [-0.25, -0.2) is 5.48 Å². The van der Waals surface area contributed by atoms with Crippen LogP contribution in [0.4, 0.5) is 0 Å². The summed E-state index contributed by atoms with van der Waals surface area (Å²) in [6.07, 6.45) is 6.22. The van der Waals surface area contributed by atoms with Gasteiger partial charge < -0.3 is 5.32 Å². The monoisotopic (exact) mass is 322 g/mol. The van der Waals surface area contributed by atoms with E-state index < -0.39 is 5.91 Å². The molecule has 0 radical (unpaired) electrons. The van der Waals surface area contributed by atoms with Crippen molar-refractivity contribution < 1.29 is 10.0 Å². The van der Waals surface area contributed by atoms with Crippen molar-refractivity contribution in [3.05, 3.63) is 76.9 Å². The van der Waals surface area contributed by atoms with Crippen molar-refractivity contribution >= 4 is 12.0 Å². The topological polar surface area (TPSA) is 61.4 Å². The largest absolute Gasteiger partial charge is 0.310 e. The Morgan fingerprint density at radius 3 is 2.83 bits per heavy atom. The molecule has 1 aliphatic rings. The summed E-state index contributed by atoms with van der Waals surface area (Å²) < 4.78 is 0. The molecule has 3 rings (SSSR count). The number of hydrogen-bond donors (Lipinski definition) is 3. The molecule has 4 nitrogen and oxygen atoms in total. The molecule has 1 amide bonds. The van der Waals surface area contributed by atoms with Gasteiger partial charge in [-0.15, -0.1) is 0 Å². The molecule has 0 spiro atoms. The minimum absolute atomic E-state index is 0.405. The van der Waals surface area contributed by atoms with Crippen LogP contribution < -0.4 is 10.8 Å². The molecule has 0 saturated carbocycles. The number of nitrogens with one attached hydrogen (secondary N) is 2. The van der Waals surface area contributed by atoms with Crippen LogP contribution in [0.25, 0.3) is 6.08 Å². The Morgan fingerprint density at radius 2 is 2.04 bits per heavy atom. The maximum atomic E-state index is 11.0. The Balaban J connectivity index is 1.58. The summed E-state index contributed by atoms with van der Waals surface area (Å²) in [5, 5.41) is 12.2. The number of amides is 1. The molecule has 2 aromatic carbocycles. The summed E-state index contributed by atoms with van der Waals surface area (Å²) in [5.74, 6) is -0.518. The second-order valence-electron chi connectivity index (χ2n) is 6.05. The summed E-state index contributed by atoms with van der Waals surface area (Å²) in [6.45, 7) is 0.965. The normalized spacial score (nSPS) is 16.3. The van der Waals surface area contributed by atoms with Crippen LogP contribution in [-0.4, -0.2) is 17.7 Å². The molecule has 24 heavy (non-hydrogen) atoms. The third kappa shape index (κ3) is 4.10. The SMILES string of the molecule is O=C(/C=C/c1ccc2c(c1)CCC2NCCc1ccccc1)NO. The van der Waals surface area contributed by atoms with Crippen molar-refractivity contribution in [2.75, 3.05) is 6.54 Å². The van der Waals surface area contributed by atoms with E-state index >= 15 is 0 Å². The molecule has 0 fully saturated rings. The van der Waals surface area contributed by atoms with E-state index in [9.17, 15) is 4.79 Å². The number of hydroxylamine groups is 1. The smallest absolute Gasteiger partial charge is 0.267 e. The van der Waals surface area contributed by atoms with Gasteiger partial charge in [0.05, 0.1) is 0 Å². The van der Waals surface area contributed by atoms with E-state index in [1.807, 2.05) is 12.1 Å². The molecule has 0 heterocycles. The molecule has 1 aliphatic carbocycles. The van der Waals surface area contributed by atoms with Crippen LogP contribution in [0.2, 0.25) is 0 Å². The number of carbonyl (C=O) groups is 1. The van der Waals surface area contributed by atoms with Crippen LogP contribution in [0.5, 0.6) is 0 Å². The van der Waals surface area contributed by atoms with E-state index in [1.165, 1.54) is 22.8 Å². The van der Waals surface area contributed by atoms with E-state index in [1.54, 1.807) is 11.6 Å². The maximum absolute atomic E-state index is 11.0. The molecule has 0 aromatic heterocycles. The van der Waals surface area contributed by atoms with Gasteiger partial charge in [0.25, 0.3) is 5.91 Å². The second-order valence-corrected chi connectivity index (χ2v) is 6.05. The van der Waals surface area contributed by atoms with Gasteiger partial charge in [-0.1, -0.05) is 48.5 Å². The predicted octanol–water partition coefficient (Wildman–Crippen LogP) is 3.02. The van der Waals surface area contributed by atoms with Crippen LogP contribution in [0.15, 0.2) is 54.6 Å². The molecule has 1 atom stereocenters. The Labute approximate surface area is 142 Å². The molecule has 4 heteroatoms. The van der Waals surface area contributed by atoms with Gasteiger partial charge in [0.2, 0.25) is 0 Å². The van der Waals surface area contributed by atoms with Crippen molar-refractivity contribution in [1.29, 1.82) is 0 Å². The van der Waals surface area contributed by atoms with Gasteiger partial charge in [0, 0.05) is 12.1 Å². The number of fused-ring (bicyclic) bond motifs is 1. The highest BCUT2D eigenvalue weighted by molar-refractivity contribution is 5.90. The average Bonchev–Trinajstić information content (AvgIpc) is 3.03. The van der Waals surface area contributed by atoms with Gasteiger partial charge in [0.1, 0.15) is 0 Å². The molecule has 2 aromatic rings. The zero-order chi connectivity index (χ0) is 16.8. The second kappa shape index (κ2) is 7.90. The first kappa shape index (κ1) is 16.4. The summed E-state index contributed by atoms with van der Waals surface area (Å²) >= 11 is 0. The summed E-state index contributed by atoms with van der Waals surface area (Å²) in [4.78, 5) is 11.0. The highest BCUT2D eigenvalue weighted by Gasteiger charge is 2.21. The molecule has 0 saturated heterocycles. The number of carbonyl (C=O) groups excluding carboxylic acids is 1.